The molecular formula is C17H21ClN4O2. The van der Waals surface area contributed by atoms with Crippen molar-refractivity contribution in [3.63, 3.8) is 0 Å². The summed E-state index contributed by atoms with van der Waals surface area (Å²) in [5.74, 6) is 0. The molecule has 128 valence electrons. The first kappa shape index (κ1) is 16.8. The molecule has 6 nitrogen and oxygen atoms in total. The zero-order valence-corrected chi connectivity index (χ0v) is 14.3. The van der Waals surface area contributed by atoms with Crippen LogP contribution in [-0.4, -0.2) is 41.6 Å². The summed E-state index contributed by atoms with van der Waals surface area (Å²) in [5, 5.41) is 6.40. The zero-order chi connectivity index (χ0) is 17.1. The Balaban J connectivity index is 1.67. The predicted molar refractivity (Wildman–Crippen MR) is 96.9 cm³/mol. The molecule has 1 aliphatic heterocycles. The van der Waals surface area contributed by atoms with E-state index in [2.05, 4.69) is 27.4 Å². The minimum Gasteiger partial charge on any atom is -0.358 e. The molecule has 0 aliphatic carbocycles. The summed E-state index contributed by atoms with van der Waals surface area (Å²) in [6, 6.07) is 5.10. The number of hydrogen-bond acceptors (Lipinski definition) is 3. The highest BCUT2D eigenvalue weighted by Crippen LogP contribution is 2.19. The van der Waals surface area contributed by atoms with Crippen LogP contribution in [0, 0.1) is 0 Å². The number of para-hydroxylation sites is 1. The van der Waals surface area contributed by atoms with Crippen molar-refractivity contribution in [3.8, 4) is 0 Å². The van der Waals surface area contributed by atoms with E-state index in [1.807, 2.05) is 0 Å². The number of hydrogen-bond donors (Lipinski definition) is 3. The molecule has 1 aliphatic rings. The van der Waals surface area contributed by atoms with E-state index in [4.69, 9.17) is 11.6 Å². The molecule has 7 heteroatoms. The number of anilines is 1. The summed E-state index contributed by atoms with van der Waals surface area (Å²) in [5.41, 5.74) is 0.526. The number of pyridine rings is 1. The van der Waals surface area contributed by atoms with E-state index in [-0.39, 0.29) is 17.1 Å². The van der Waals surface area contributed by atoms with Crippen LogP contribution in [-0.2, 0) is 0 Å². The average Bonchev–Trinajstić information content (AvgIpc) is 3.04. The smallest absolute Gasteiger partial charge is 0.319 e. The average molecular weight is 349 g/mol. The van der Waals surface area contributed by atoms with Crippen LogP contribution in [0.4, 0.5) is 10.5 Å². The molecule has 2 aromatic rings. The van der Waals surface area contributed by atoms with Gasteiger partial charge < -0.3 is 15.6 Å². The summed E-state index contributed by atoms with van der Waals surface area (Å²) >= 11 is 6.06. The van der Waals surface area contributed by atoms with Gasteiger partial charge in [0.15, 0.2) is 0 Å². The summed E-state index contributed by atoms with van der Waals surface area (Å²) < 4.78 is 0. The molecule has 0 saturated carbocycles. The first-order valence-electron chi connectivity index (χ1n) is 8.19. The molecule has 1 fully saturated rings. The number of nitrogens with zero attached hydrogens (tertiary/aromatic N) is 1. The Hall–Kier alpha value is -2.05. The largest absolute Gasteiger partial charge is 0.358 e. The van der Waals surface area contributed by atoms with E-state index in [1.165, 1.54) is 6.20 Å². The van der Waals surface area contributed by atoms with E-state index in [0.29, 0.717) is 28.5 Å². The van der Waals surface area contributed by atoms with E-state index in [9.17, 15) is 9.59 Å². The van der Waals surface area contributed by atoms with Crippen molar-refractivity contribution in [2.45, 2.75) is 25.8 Å². The number of carbonyl (C=O) groups excluding carboxylic acids is 1. The van der Waals surface area contributed by atoms with Gasteiger partial charge >= 0.3 is 6.03 Å². The lowest BCUT2D eigenvalue weighted by atomic mass is 10.2. The number of rotatable bonds is 4. The second-order valence-electron chi connectivity index (χ2n) is 5.95. The van der Waals surface area contributed by atoms with Crippen molar-refractivity contribution in [1.29, 1.82) is 0 Å². The third kappa shape index (κ3) is 3.39. The number of nitrogens with one attached hydrogen (secondary N) is 3. The molecule has 0 bridgehead atoms. The Morgan fingerprint density at radius 1 is 1.46 bits per heavy atom. The number of benzene rings is 1. The summed E-state index contributed by atoms with van der Waals surface area (Å²) in [4.78, 5) is 29.9. The van der Waals surface area contributed by atoms with Crippen molar-refractivity contribution in [3.05, 3.63) is 39.6 Å². The second kappa shape index (κ2) is 7.23. The molecule has 24 heavy (non-hydrogen) atoms. The van der Waals surface area contributed by atoms with Gasteiger partial charge in [-0.05, 0) is 38.1 Å². The predicted octanol–water partition coefficient (Wildman–Crippen LogP) is 2.79. The lowest BCUT2D eigenvalue weighted by Gasteiger charge is -2.22. The zero-order valence-electron chi connectivity index (χ0n) is 13.6. The molecular weight excluding hydrogens is 328 g/mol. The molecule has 0 unspecified atom stereocenters. The first-order valence-corrected chi connectivity index (χ1v) is 8.56. The van der Waals surface area contributed by atoms with Gasteiger partial charge in [0.25, 0.3) is 0 Å². The number of aromatic amines is 1. The van der Waals surface area contributed by atoms with Crippen LogP contribution in [0.1, 0.15) is 19.8 Å². The normalized spacial score (nSPS) is 18.0. The summed E-state index contributed by atoms with van der Waals surface area (Å²) in [6.07, 6.45) is 3.72. The Morgan fingerprint density at radius 3 is 3.08 bits per heavy atom. The van der Waals surface area contributed by atoms with Gasteiger partial charge in [-0.1, -0.05) is 24.6 Å². The number of likely N-dealkylation sites (tertiary alicyclic amines) is 1. The minimum atomic E-state index is -0.371. The van der Waals surface area contributed by atoms with Gasteiger partial charge in [-0.25, -0.2) is 4.79 Å². The Kier molecular flexibility index (Phi) is 5.06. The van der Waals surface area contributed by atoms with Gasteiger partial charge in [0.1, 0.15) is 5.69 Å². The van der Waals surface area contributed by atoms with Gasteiger partial charge in [0, 0.05) is 24.2 Å². The third-order valence-electron chi connectivity index (χ3n) is 4.52. The van der Waals surface area contributed by atoms with E-state index < -0.39 is 0 Å². The monoisotopic (exact) mass is 348 g/mol. The number of aromatic nitrogens is 1. The molecule has 1 atom stereocenters. The number of H-pyrrole nitrogens is 1. The molecule has 1 aromatic heterocycles. The lowest BCUT2D eigenvalue weighted by molar-refractivity contribution is 0.238. The summed E-state index contributed by atoms with van der Waals surface area (Å²) in [7, 11) is 0. The van der Waals surface area contributed by atoms with Crippen LogP contribution < -0.4 is 16.1 Å². The number of amides is 2. The van der Waals surface area contributed by atoms with E-state index >= 15 is 0 Å². The van der Waals surface area contributed by atoms with Crippen molar-refractivity contribution in [2.75, 3.05) is 25.0 Å². The Morgan fingerprint density at radius 2 is 2.29 bits per heavy atom. The molecule has 1 aromatic carbocycles. The first-order chi connectivity index (χ1) is 11.6. The van der Waals surface area contributed by atoms with Crippen molar-refractivity contribution >= 4 is 34.2 Å². The minimum absolute atomic E-state index is 0.209. The Bertz CT molecular complexity index is 805. The van der Waals surface area contributed by atoms with Crippen molar-refractivity contribution in [2.24, 2.45) is 0 Å². The molecule has 2 heterocycles. The highest BCUT2D eigenvalue weighted by Gasteiger charge is 2.23. The van der Waals surface area contributed by atoms with Crippen LogP contribution in [0.2, 0.25) is 5.02 Å². The quantitative estimate of drug-likeness (QED) is 0.795. The molecule has 3 rings (SSSR count). The van der Waals surface area contributed by atoms with Gasteiger partial charge in [-0.2, -0.15) is 0 Å². The van der Waals surface area contributed by atoms with E-state index in [1.54, 1.807) is 18.2 Å². The number of halogens is 1. The topological polar surface area (TPSA) is 77.2 Å². The second-order valence-corrected chi connectivity index (χ2v) is 6.36. The number of fused-ring (bicyclic) bond motifs is 1. The van der Waals surface area contributed by atoms with Crippen LogP contribution in [0.5, 0.6) is 0 Å². The van der Waals surface area contributed by atoms with Gasteiger partial charge in [-0.3, -0.25) is 9.69 Å². The number of carbonyl (C=O) groups is 1. The fraction of sp³-hybridized carbons (Fsp3) is 0.412. The fourth-order valence-corrected chi connectivity index (χ4v) is 3.46. The SMILES string of the molecule is CCN1CCC[C@H]1CNC(=O)Nc1c[nH]c2c(Cl)cccc2c1=O. The number of likely N-dealkylation sites (N-methyl/N-ethyl adjacent to an activating group) is 1. The number of urea groups is 1. The lowest BCUT2D eigenvalue weighted by Crippen LogP contribution is -2.41. The van der Waals surface area contributed by atoms with Crippen LogP contribution >= 0.6 is 11.6 Å². The molecule has 0 spiro atoms. The Labute approximate surface area is 145 Å². The third-order valence-corrected chi connectivity index (χ3v) is 4.83. The fourth-order valence-electron chi connectivity index (χ4n) is 3.23. The van der Waals surface area contributed by atoms with Crippen LogP contribution in [0.25, 0.3) is 10.9 Å². The standard InChI is InChI=1S/C17H21ClN4O2/c1-2-22-8-4-5-11(22)9-20-17(24)21-14-10-19-15-12(16(14)23)6-3-7-13(15)18/h3,6-7,10-11H,2,4-5,8-9H2,1H3,(H,19,23)(H2,20,21,24)/t11-/m0/s1. The molecule has 2 amide bonds. The molecule has 3 N–H and O–H groups in total. The van der Waals surface area contributed by atoms with E-state index in [0.717, 1.165) is 25.9 Å². The summed E-state index contributed by atoms with van der Waals surface area (Å²) in [6.45, 7) is 4.77. The van der Waals surface area contributed by atoms with Crippen molar-refractivity contribution in [1.82, 2.24) is 15.2 Å². The highest BCUT2D eigenvalue weighted by atomic mass is 35.5. The van der Waals surface area contributed by atoms with Gasteiger partial charge in [0.05, 0.1) is 10.5 Å². The maximum Gasteiger partial charge on any atom is 0.319 e. The molecule has 1 saturated heterocycles. The van der Waals surface area contributed by atoms with Crippen molar-refractivity contribution < 1.29 is 4.79 Å². The maximum atomic E-state index is 12.4. The highest BCUT2D eigenvalue weighted by molar-refractivity contribution is 6.35. The van der Waals surface area contributed by atoms with Crippen LogP contribution in [0.15, 0.2) is 29.2 Å². The van der Waals surface area contributed by atoms with Gasteiger partial charge in [0.2, 0.25) is 5.43 Å². The van der Waals surface area contributed by atoms with Crippen LogP contribution in [0.3, 0.4) is 0 Å². The van der Waals surface area contributed by atoms with Gasteiger partial charge in [-0.15, -0.1) is 0 Å². The molecule has 0 radical (unpaired) electrons. The maximum absolute atomic E-state index is 12.4.